The molecule has 2 aliphatic rings. The van der Waals surface area contributed by atoms with Crippen LogP contribution in [0.5, 0.6) is 0 Å². The van der Waals surface area contributed by atoms with Crippen LogP contribution in [0.3, 0.4) is 0 Å². The zero-order chi connectivity index (χ0) is 15.9. The highest BCUT2D eigenvalue weighted by Gasteiger charge is 2.41. The van der Waals surface area contributed by atoms with Gasteiger partial charge in [0.05, 0.1) is 19.2 Å². The van der Waals surface area contributed by atoms with Crippen molar-refractivity contribution >= 4 is 5.91 Å². The lowest BCUT2D eigenvalue weighted by molar-refractivity contribution is -0.130. The van der Waals surface area contributed by atoms with Crippen molar-refractivity contribution in [1.82, 2.24) is 20.3 Å². The fourth-order valence-corrected chi connectivity index (χ4v) is 3.66. The molecule has 0 spiro atoms. The SMILES string of the molecule is O=C(Cc1ccc2c(c1)CCC2)N1CCC(O)(c2cn[nH]n2)C1. The van der Waals surface area contributed by atoms with Gasteiger partial charge in [-0.25, -0.2) is 0 Å². The number of hydrogen-bond donors (Lipinski definition) is 2. The number of aromatic amines is 1. The van der Waals surface area contributed by atoms with Gasteiger partial charge in [-0.05, 0) is 36.0 Å². The van der Waals surface area contributed by atoms with E-state index in [0.29, 0.717) is 25.1 Å². The standard InChI is InChI=1S/C17H20N4O2/c22-16(9-12-4-5-13-2-1-3-14(13)8-12)21-7-6-17(23,11-21)15-10-18-20-19-15/h4-5,8,10,23H,1-3,6-7,9,11H2,(H,18,19,20). The second kappa shape index (κ2) is 5.45. The highest BCUT2D eigenvalue weighted by Crippen LogP contribution is 2.30. The summed E-state index contributed by atoms with van der Waals surface area (Å²) in [5, 5.41) is 20.9. The maximum Gasteiger partial charge on any atom is 0.227 e. The maximum absolute atomic E-state index is 12.5. The summed E-state index contributed by atoms with van der Waals surface area (Å²) in [5.41, 5.74) is 3.29. The van der Waals surface area contributed by atoms with Gasteiger partial charge in [0.25, 0.3) is 0 Å². The number of carbonyl (C=O) groups excluding carboxylic acids is 1. The molecule has 1 aromatic carbocycles. The van der Waals surface area contributed by atoms with Crippen molar-refractivity contribution in [2.45, 2.75) is 37.7 Å². The summed E-state index contributed by atoms with van der Waals surface area (Å²) in [6, 6.07) is 6.38. The van der Waals surface area contributed by atoms with Crippen molar-refractivity contribution in [3.8, 4) is 0 Å². The minimum atomic E-state index is -1.08. The van der Waals surface area contributed by atoms with Crippen LogP contribution < -0.4 is 0 Å². The number of fused-ring (bicyclic) bond motifs is 1. The average molecular weight is 312 g/mol. The Hall–Kier alpha value is -2.21. The van der Waals surface area contributed by atoms with Crippen LogP contribution in [0.4, 0.5) is 0 Å². The van der Waals surface area contributed by atoms with E-state index < -0.39 is 5.60 Å². The number of β-amino-alcohol motifs (C(OH)–C–C–N with tert-alkyl or cyclic N) is 1. The van der Waals surface area contributed by atoms with E-state index in [2.05, 4.69) is 33.6 Å². The molecule has 4 rings (SSSR count). The summed E-state index contributed by atoms with van der Waals surface area (Å²) in [6.07, 6.45) is 5.89. The molecule has 120 valence electrons. The van der Waals surface area contributed by atoms with Crippen molar-refractivity contribution in [2.75, 3.05) is 13.1 Å². The number of rotatable bonds is 3. The summed E-state index contributed by atoms with van der Waals surface area (Å²) in [6.45, 7) is 0.830. The van der Waals surface area contributed by atoms with Crippen molar-refractivity contribution in [2.24, 2.45) is 0 Å². The third-order valence-electron chi connectivity index (χ3n) is 5.01. The Kier molecular flexibility index (Phi) is 3.41. The first-order chi connectivity index (χ1) is 11.1. The molecule has 2 aromatic rings. The Labute approximate surface area is 134 Å². The Balaban J connectivity index is 1.44. The zero-order valence-electron chi connectivity index (χ0n) is 13.0. The molecule has 1 saturated heterocycles. The first kappa shape index (κ1) is 14.4. The van der Waals surface area contributed by atoms with E-state index in [1.807, 2.05) is 0 Å². The zero-order valence-corrected chi connectivity index (χ0v) is 13.0. The minimum Gasteiger partial charge on any atom is -0.381 e. The summed E-state index contributed by atoms with van der Waals surface area (Å²) in [4.78, 5) is 14.3. The van der Waals surface area contributed by atoms with Gasteiger partial charge in [-0.1, -0.05) is 18.2 Å². The van der Waals surface area contributed by atoms with Gasteiger partial charge in [0.2, 0.25) is 5.91 Å². The monoisotopic (exact) mass is 312 g/mol. The Morgan fingerprint density at radius 1 is 1.35 bits per heavy atom. The Morgan fingerprint density at radius 3 is 3.04 bits per heavy atom. The van der Waals surface area contributed by atoms with Crippen LogP contribution >= 0.6 is 0 Å². The van der Waals surface area contributed by atoms with E-state index >= 15 is 0 Å². The van der Waals surface area contributed by atoms with E-state index in [9.17, 15) is 9.90 Å². The van der Waals surface area contributed by atoms with E-state index in [-0.39, 0.29) is 12.5 Å². The number of aliphatic hydroxyl groups is 1. The van der Waals surface area contributed by atoms with Crippen LogP contribution in [0, 0.1) is 0 Å². The maximum atomic E-state index is 12.5. The number of amides is 1. The number of benzene rings is 1. The smallest absolute Gasteiger partial charge is 0.227 e. The van der Waals surface area contributed by atoms with Gasteiger partial charge in [0, 0.05) is 13.0 Å². The highest BCUT2D eigenvalue weighted by atomic mass is 16.3. The fourth-order valence-electron chi connectivity index (χ4n) is 3.66. The van der Waals surface area contributed by atoms with Gasteiger partial charge in [-0.15, -0.1) is 0 Å². The number of aromatic nitrogens is 3. The molecule has 1 aliphatic heterocycles. The van der Waals surface area contributed by atoms with Crippen molar-refractivity contribution in [3.63, 3.8) is 0 Å². The predicted octanol–water partition coefficient (Wildman–Crippen LogP) is 0.956. The third kappa shape index (κ3) is 2.63. The highest BCUT2D eigenvalue weighted by molar-refractivity contribution is 5.79. The summed E-state index contributed by atoms with van der Waals surface area (Å²) < 4.78 is 0. The number of H-pyrrole nitrogens is 1. The van der Waals surface area contributed by atoms with Crippen LogP contribution in [0.1, 0.15) is 35.2 Å². The number of nitrogens with zero attached hydrogens (tertiary/aromatic N) is 3. The molecule has 0 radical (unpaired) electrons. The number of likely N-dealkylation sites (tertiary alicyclic amines) is 1. The molecule has 6 heteroatoms. The average Bonchev–Trinajstić information content (AvgIpc) is 3.27. The second-order valence-electron chi connectivity index (χ2n) is 6.59. The molecule has 6 nitrogen and oxygen atoms in total. The molecule has 23 heavy (non-hydrogen) atoms. The van der Waals surface area contributed by atoms with Crippen molar-refractivity contribution < 1.29 is 9.90 Å². The summed E-state index contributed by atoms with van der Waals surface area (Å²) in [7, 11) is 0. The number of aryl methyl sites for hydroxylation is 2. The minimum absolute atomic E-state index is 0.0577. The van der Waals surface area contributed by atoms with E-state index in [0.717, 1.165) is 18.4 Å². The summed E-state index contributed by atoms with van der Waals surface area (Å²) >= 11 is 0. The van der Waals surface area contributed by atoms with Crippen LogP contribution in [0.25, 0.3) is 0 Å². The third-order valence-corrected chi connectivity index (χ3v) is 5.01. The van der Waals surface area contributed by atoms with Gasteiger partial charge in [-0.3, -0.25) is 4.79 Å². The Morgan fingerprint density at radius 2 is 2.22 bits per heavy atom. The lowest BCUT2D eigenvalue weighted by atomic mass is 10.00. The predicted molar refractivity (Wildman–Crippen MR) is 83.6 cm³/mol. The van der Waals surface area contributed by atoms with E-state index in [4.69, 9.17) is 0 Å². The number of nitrogens with one attached hydrogen (secondary N) is 1. The molecule has 2 N–H and O–H groups in total. The molecular formula is C17H20N4O2. The van der Waals surface area contributed by atoms with Gasteiger partial charge in [0.1, 0.15) is 11.3 Å². The van der Waals surface area contributed by atoms with Gasteiger partial charge < -0.3 is 10.0 Å². The van der Waals surface area contributed by atoms with Crippen LogP contribution in [0.15, 0.2) is 24.4 Å². The fraction of sp³-hybridized carbons (Fsp3) is 0.471. The molecule has 1 atom stereocenters. The molecule has 1 amide bonds. The lowest BCUT2D eigenvalue weighted by Gasteiger charge is -2.21. The van der Waals surface area contributed by atoms with Gasteiger partial charge in [0.15, 0.2) is 0 Å². The van der Waals surface area contributed by atoms with Crippen molar-refractivity contribution in [1.29, 1.82) is 0 Å². The molecule has 1 fully saturated rings. The van der Waals surface area contributed by atoms with E-state index in [1.165, 1.54) is 23.7 Å². The molecular weight excluding hydrogens is 292 g/mol. The molecule has 1 unspecified atom stereocenters. The topological polar surface area (TPSA) is 82.1 Å². The molecule has 2 heterocycles. The first-order valence-corrected chi connectivity index (χ1v) is 8.11. The molecule has 1 aromatic heterocycles. The van der Waals surface area contributed by atoms with Gasteiger partial charge in [-0.2, -0.15) is 15.4 Å². The van der Waals surface area contributed by atoms with Gasteiger partial charge >= 0.3 is 0 Å². The largest absolute Gasteiger partial charge is 0.381 e. The van der Waals surface area contributed by atoms with Crippen LogP contribution in [0.2, 0.25) is 0 Å². The van der Waals surface area contributed by atoms with Crippen LogP contribution in [-0.2, 0) is 29.7 Å². The van der Waals surface area contributed by atoms with Crippen LogP contribution in [-0.4, -0.2) is 44.4 Å². The first-order valence-electron chi connectivity index (χ1n) is 8.11. The normalized spacial score (nSPS) is 23.3. The van der Waals surface area contributed by atoms with E-state index in [1.54, 1.807) is 4.90 Å². The quantitative estimate of drug-likeness (QED) is 0.884. The lowest BCUT2D eigenvalue weighted by Crippen LogP contribution is -2.35. The Bertz CT molecular complexity index is 728. The van der Waals surface area contributed by atoms with Crippen molar-refractivity contribution in [3.05, 3.63) is 46.8 Å². The molecule has 0 saturated carbocycles. The second-order valence-corrected chi connectivity index (χ2v) is 6.59. The number of hydrogen-bond acceptors (Lipinski definition) is 4. The summed E-state index contributed by atoms with van der Waals surface area (Å²) in [5.74, 6) is 0.0577. The molecule has 0 bridgehead atoms. The molecule has 1 aliphatic carbocycles. The number of carbonyl (C=O) groups is 1.